The minimum Gasteiger partial charge on any atom is -0.375 e. The van der Waals surface area contributed by atoms with E-state index in [0.717, 1.165) is 30.3 Å². The Morgan fingerprint density at radius 3 is 2.07 bits per heavy atom. The lowest BCUT2D eigenvalue weighted by Crippen LogP contribution is -2.44. The van der Waals surface area contributed by atoms with Crippen LogP contribution in [0.15, 0.2) is 57.2 Å². The van der Waals surface area contributed by atoms with E-state index in [-0.39, 0.29) is 32.9 Å². The van der Waals surface area contributed by atoms with Gasteiger partial charge in [-0.15, -0.1) is 0 Å². The fraction of sp³-hybridized carbons (Fsp3) is 0.400. The fourth-order valence-electron chi connectivity index (χ4n) is 3.57. The van der Waals surface area contributed by atoms with Gasteiger partial charge in [0.15, 0.2) is 0 Å². The summed E-state index contributed by atoms with van der Waals surface area (Å²) in [6, 6.07) is 8.08. The topological polar surface area (TPSA) is 89.5 Å². The number of hydrogen-bond donors (Lipinski definition) is 1. The summed E-state index contributed by atoms with van der Waals surface area (Å²) in [5, 5.41) is 0. The van der Waals surface area contributed by atoms with Gasteiger partial charge in [-0.1, -0.05) is 6.07 Å². The Morgan fingerprint density at radius 2 is 1.48 bits per heavy atom. The number of ether oxygens (including phenoxy) is 1. The molecule has 2 unspecified atom stereocenters. The summed E-state index contributed by atoms with van der Waals surface area (Å²) in [6.07, 6.45) is 0.933. The van der Waals surface area contributed by atoms with Crippen LogP contribution in [0.25, 0.3) is 0 Å². The van der Waals surface area contributed by atoms with Crippen LogP contribution in [0.3, 0.4) is 0 Å². The highest BCUT2D eigenvalue weighted by Gasteiger charge is 2.30. The van der Waals surface area contributed by atoms with Crippen LogP contribution in [-0.2, 0) is 24.6 Å². The second-order valence-corrected chi connectivity index (χ2v) is 11.1. The number of benzene rings is 2. The molecule has 1 heterocycles. The molecule has 0 spiro atoms. The third-order valence-corrected chi connectivity index (χ3v) is 8.33. The zero-order valence-corrected chi connectivity index (χ0v) is 18.1. The summed E-state index contributed by atoms with van der Waals surface area (Å²) in [5.74, 6) is -0.555. The van der Waals surface area contributed by atoms with Gasteiger partial charge in [0, 0.05) is 6.04 Å². The van der Waals surface area contributed by atoms with Gasteiger partial charge >= 0.3 is 0 Å². The van der Waals surface area contributed by atoms with Gasteiger partial charge in [-0.25, -0.2) is 25.9 Å². The number of aryl methyl sites for hydroxylation is 1. The smallest absolute Gasteiger partial charge is 0.241 e. The number of nitrogens with one attached hydrogen (secondary N) is 1. The minimum atomic E-state index is -3.98. The van der Waals surface area contributed by atoms with Gasteiger partial charge in [-0.3, -0.25) is 0 Å². The van der Waals surface area contributed by atoms with Crippen LogP contribution < -0.4 is 4.72 Å². The molecule has 0 radical (unpaired) electrons. The van der Waals surface area contributed by atoms with Gasteiger partial charge in [0.1, 0.15) is 5.82 Å². The first-order valence-corrected chi connectivity index (χ1v) is 12.2. The van der Waals surface area contributed by atoms with Crippen LogP contribution >= 0.6 is 0 Å². The molecule has 0 saturated carbocycles. The second-order valence-electron chi connectivity index (χ2n) is 7.43. The normalized spacial score (nSPS) is 23.1. The molecular formula is C20H24FNO5S2. The first-order chi connectivity index (χ1) is 13.5. The van der Waals surface area contributed by atoms with Crippen molar-refractivity contribution in [3.8, 4) is 0 Å². The Morgan fingerprint density at radius 1 is 0.931 bits per heavy atom. The summed E-state index contributed by atoms with van der Waals surface area (Å²) >= 11 is 0. The molecule has 0 amide bonds. The number of sulfone groups is 1. The summed E-state index contributed by atoms with van der Waals surface area (Å²) in [6.45, 7) is 5.38. The molecule has 1 N–H and O–H groups in total. The van der Waals surface area contributed by atoms with Crippen LogP contribution in [0.2, 0.25) is 0 Å². The molecule has 1 saturated heterocycles. The maximum atomic E-state index is 13.1. The number of hydrogen-bond acceptors (Lipinski definition) is 5. The van der Waals surface area contributed by atoms with E-state index in [4.69, 9.17) is 4.74 Å². The monoisotopic (exact) mass is 441 g/mol. The Bertz CT molecular complexity index is 1090. The molecule has 6 nitrogen and oxygen atoms in total. The van der Waals surface area contributed by atoms with Crippen molar-refractivity contribution in [1.82, 2.24) is 4.72 Å². The van der Waals surface area contributed by atoms with E-state index < -0.39 is 25.7 Å². The predicted octanol–water partition coefficient (Wildman–Crippen LogP) is 3.20. The van der Waals surface area contributed by atoms with E-state index in [9.17, 15) is 21.2 Å². The number of sulfonamides is 1. The molecule has 1 fully saturated rings. The average Bonchev–Trinajstić information content (AvgIpc) is 2.60. The molecule has 2 aromatic carbocycles. The van der Waals surface area contributed by atoms with E-state index in [1.807, 2.05) is 13.8 Å². The second kappa shape index (κ2) is 8.14. The Kier molecular flexibility index (Phi) is 6.14. The van der Waals surface area contributed by atoms with Crippen molar-refractivity contribution in [1.29, 1.82) is 0 Å². The third-order valence-electron chi connectivity index (χ3n) is 4.90. The Balaban J connectivity index is 1.95. The molecule has 9 heteroatoms. The fourth-order valence-corrected chi connectivity index (χ4v) is 6.46. The van der Waals surface area contributed by atoms with Gasteiger partial charge in [-0.05, 0) is 75.6 Å². The van der Waals surface area contributed by atoms with E-state index >= 15 is 0 Å². The highest BCUT2D eigenvalue weighted by molar-refractivity contribution is 7.91. The Hall–Kier alpha value is -1.81. The molecular weight excluding hydrogens is 417 g/mol. The average molecular weight is 442 g/mol. The van der Waals surface area contributed by atoms with Crippen LogP contribution in [-0.4, -0.2) is 35.1 Å². The number of halogens is 1. The van der Waals surface area contributed by atoms with E-state index in [1.165, 1.54) is 12.1 Å². The summed E-state index contributed by atoms with van der Waals surface area (Å²) in [5.41, 5.74) is 0.434. The molecule has 1 aliphatic heterocycles. The highest BCUT2D eigenvalue weighted by Crippen LogP contribution is 2.27. The van der Waals surface area contributed by atoms with E-state index in [2.05, 4.69) is 4.72 Å². The SMILES string of the molecule is Cc1ccc(S(=O)(=O)c2ccc(F)cc2)cc1S(=O)(=O)NC1CC(C)OC(C)C1. The van der Waals surface area contributed by atoms with Gasteiger partial charge in [0.25, 0.3) is 0 Å². The molecule has 29 heavy (non-hydrogen) atoms. The van der Waals surface area contributed by atoms with Crippen molar-refractivity contribution in [3.63, 3.8) is 0 Å². The molecule has 2 aromatic rings. The molecule has 0 bridgehead atoms. The van der Waals surface area contributed by atoms with Crippen molar-refractivity contribution >= 4 is 19.9 Å². The quantitative estimate of drug-likeness (QED) is 0.720. The third kappa shape index (κ3) is 4.85. The standard InChI is InChI=1S/C20H24FNO5S2/c1-13-4-7-19(28(23,24)18-8-5-16(21)6-9-18)12-20(13)29(25,26)22-17-10-14(2)27-15(3)11-17/h4-9,12,14-15,17,22H,10-11H2,1-3H3. The van der Waals surface area contributed by atoms with E-state index in [1.54, 1.807) is 6.92 Å². The van der Waals surface area contributed by atoms with Gasteiger partial charge in [-0.2, -0.15) is 0 Å². The van der Waals surface area contributed by atoms with E-state index in [0.29, 0.717) is 18.4 Å². The van der Waals surface area contributed by atoms with Gasteiger partial charge in [0.05, 0.1) is 26.9 Å². The molecule has 0 aliphatic carbocycles. The maximum Gasteiger partial charge on any atom is 0.241 e. The zero-order valence-electron chi connectivity index (χ0n) is 16.4. The van der Waals surface area contributed by atoms with Crippen molar-refractivity contribution in [2.75, 3.05) is 0 Å². The van der Waals surface area contributed by atoms with Crippen LogP contribution in [0, 0.1) is 12.7 Å². The molecule has 2 atom stereocenters. The van der Waals surface area contributed by atoms with Crippen LogP contribution in [0.1, 0.15) is 32.3 Å². The highest BCUT2D eigenvalue weighted by atomic mass is 32.2. The first kappa shape index (κ1) is 21.9. The van der Waals surface area contributed by atoms with Crippen molar-refractivity contribution in [3.05, 3.63) is 53.8 Å². The van der Waals surface area contributed by atoms with Gasteiger partial charge in [0.2, 0.25) is 19.9 Å². The minimum absolute atomic E-state index is 0.0715. The maximum absolute atomic E-state index is 13.1. The molecule has 0 aromatic heterocycles. The van der Waals surface area contributed by atoms with Gasteiger partial charge < -0.3 is 4.74 Å². The summed E-state index contributed by atoms with van der Waals surface area (Å²) in [4.78, 5) is -0.359. The first-order valence-electron chi connectivity index (χ1n) is 9.28. The lowest BCUT2D eigenvalue weighted by molar-refractivity contribution is -0.0388. The number of rotatable bonds is 5. The summed E-state index contributed by atoms with van der Waals surface area (Å²) in [7, 11) is -7.92. The summed E-state index contributed by atoms with van der Waals surface area (Å²) < 4.78 is 73.2. The molecule has 3 rings (SSSR count). The van der Waals surface area contributed by atoms with Crippen LogP contribution in [0.4, 0.5) is 4.39 Å². The van der Waals surface area contributed by atoms with Crippen molar-refractivity contribution in [2.45, 2.75) is 66.5 Å². The lowest BCUT2D eigenvalue weighted by Gasteiger charge is -2.32. The Labute approximate surface area is 171 Å². The largest absolute Gasteiger partial charge is 0.375 e. The molecule has 1 aliphatic rings. The van der Waals surface area contributed by atoms with Crippen molar-refractivity contribution in [2.24, 2.45) is 0 Å². The predicted molar refractivity (Wildman–Crippen MR) is 106 cm³/mol. The lowest BCUT2D eigenvalue weighted by atomic mass is 10.0. The van der Waals surface area contributed by atoms with Crippen LogP contribution in [0.5, 0.6) is 0 Å². The molecule has 158 valence electrons. The zero-order chi connectivity index (χ0) is 21.4. The van der Waals surface area contributed by atoms with Crippen molar-refractivity contribution < 1.29 is 26.0 Å².